The molecule has 0 saturated carbocycles. The zero-order valence-electron chi connectivity index (χ0n) is 12.4. The number of rotatable bonds is 8. The minimum Gasteiger partial charge on any atom is -0.352 e. The van der Waals surface area contributed by atoms with Gasteiger partial charge in [0.15, 0.2) is 0 Å². The van der Waals surface area contributed by atoms with Gasteiger partial charge in [0.2, 0.25) is 5.91 Å². The predicted octanol–water partition coefficient (Wildman–Crippen LogP) is 2.96. The molecule has 0 aromatic carbocycles. The molecule has 0 spiro atoms. The number of hydrogen-bond acceptors (Lipinski definition) is 3. The van der Waals surface area contributed by atoms with E-state index in [2.05, 4.69) is 48.2 Å². The molecule has 2 unspecified atom stereocenters. The fourth-order valence-corrected chi connectivity index (χ4v) is 2.82. The van der Waals surface area contributed by atoms with E-state index in [1.54, 1.807) is 11.3 Å². The van der Waals surface area contributed by atoms with Gasteiger partial charge in [0.05, 0.1) is 6.04 Å². The van der Waals surface area contributed by atoms with Gasteiger partial charge in [-0.1, -0.05) is 13.8 Å². The molecule has 1 rings (SSSR count). The molecule has 108 valence electrons. The van der Waals surface area contributed by atoms with Crippen LogP contribution in [0.3, 0.4) is 0 Å². The molecule has 1 aromatic rings. The zero-order chi connectivity index (χ0) is 14.3. The number of nitrogens with one attached hydrogen (secondary N) is 2. The lowest BCUT2D eigenvalue weighted by Crippen LogP contribution is -2.48. The van der Waals surface area contributed by atoms with Crippen LogP contribution in [0.4, 0.5) is 0 Å². The van der Waals surface area contributed by atoms with Crippen molar-refractivity contribution in [3.05, 3.63) is 22.4 Å². The number of amides is 1. The standard InChI is InChI=1S/C15H26N2OS/c1-5-14(6-2)17-15(18)12(4)16-11(3)9-13-7-8-19-10-13/h7-8,10-12,14,16H,5-6,9H2,1-4H3,(H,17,18). The topological polar surface area (TPSA) is 41.1 Å². The highest BCUT2D eigenvalue weighted by molar-refractivity contribution is 7.07. The fourth-order valence-electron chi connectivity index (χ4n) is 2.14. The van der Waals surface area contributed by atoms with Crippen molar-refractivity contribution in [1.29, 1.82) is 0 Å². The minimum absolute atomic E-state index is 0.103. The van der Waals surface area contributed by atoms with E-state index in [0.29, 0.717) is 12.1 Å². The Morgan fingerprint density at radius 1 is 1.32 bits per heavy atom. The van der Waals surface area contributed by atoms with Crippen molar-refractivity contribution in [3.8, 4) is 0 Å². The van der Waals surface area contributed by atoms with Crippen LogP contribution in [0, 0.1) is 0 Å². The van der Waals surface area contributed by atoms with Crippen LogP contribution < -0.4 is 10.6 Å². The Labute approximate surface area is 120 Å². The van der Waals surface area contributed by atoms with E-state index >= 15 is 0 Å². The lowest BCUT2D eigenvalue weighted by molar-refractivity contribution is -0.123. The summed E-state index contributed by atoms with van der Waals surface area (Å²) >= 11 is 1.71. The molecule has 4 heteroatoms. The van der Waals surface area contributed by atoms with E-state index in [9.17, 15) is 4.79 Å². The summed E-state index contributed by atoms with van der Waals surface area (Å²) in [5.74, 6) is 0.103. The van der Waals surface area contributed by atoms with Gasteiger partial charge in [-0.3, -0.25) is 4.79 Å². The molecule has 0 radical (unpaired) electrons. The molecule has 0 aliphatic rings. The molecule has 1 heterocycles. The fraction of sp³-hybridized carbons (Fsp3) is 0.667. The summed E-state index contributed by atoms with van der Waals surface area (Å²) in [5.41, 5.74) is 1.33. The molecule has 1 amide bonds. The van der Waals surface area contributed by atoms with Gasteiger partial charge in [0.1, 0.15) is 0 Å². The summed E-state index contributed by atoms with van der Waals surface area (Å²) in [6, 6.07) is 2.59. The van der Waals surface area contributed by atoms with E-state index in [4.69, 9.17) is 0 Å². The summed E-state index contributed by atoms with van der Waals surface area (Å²) < 4.78 is 0. The Morgan fingerprint density at radius 3 is 2.53 bits per heavy atom. The molecule has 3 nitrogen and oxygen atoms in total. The second-order valence-electron chi connectivity index (χ2n) is 5.15. The van der Waals surface area contributed by atoms with Crippen LogP contribution in [0.2, 0.25) is 0 Å². The smallest absolute Gasteiger partial charge is 0.237 e. The first kappa shape index (κ1) is 16.2. The lowest BCUT2D eigenvalue weighted by atomic mass is 10.1. The highest BCUT2D eigenvalue weighted by Crippen LogP contribution is 2.09. The highest BCUT2D eigenvalue weighted by atomic mass is 32.1. The van der Waals surface area contributed by atoms with Crippen LogP contribution in [0.25, 0.3) is 0 Å². The quantitative estimate of drug-likeness (QED) is 0.769. The van der Waals surface area contributed by atoms with Crippen molar-refractivity contribution in [1.82, 2.24) is 10.6 Å². The number of thiophene rings is 1. The van der Waals surface area contributed by atoms with Gasteiger partial charge in [-0.2, -0.15) is 11.3 Å². The molecule has 0 aliphatic carbocycles. The third-order valence-electron chi connectivity index (χ3n) is 3.38. The normalized spacial score (nSPS) is 14.4. The molecular formula is C15H26N2OS. The molecular weight excluding hydrogens is 256 g/mol. The van der Waals surface area contributed by atoms with E-state index in [0.717, 1.165) is 19.3 Å². The van der Waals surface area contributed by atoms with E-state index in [-0.39, 0.29) is 11.9 Å². The van der Waals surface area contributed by atoms with Gasteiger partial charge in [-0.25, -0.2) is 0 Å². The van der Waals surface area contributed by atoms with Crippen molar-refractivity contribution in [2.45, 2.75) is 65.1 Å². The largest absolute Gasteiger partial charge is 0.352 e. The Balaban J connectivity index is 2.36. The molecule has 0 fully saturated rings. The number of carbonyl (C=O) groups excluding carboxylic acids is 1. The summed E-state index contributed by atoms with van der Waals surface area (Å²) in [5, 5.41) is 10.7. The van der Waals surface area contributed by atoms with Crippen molar-refractivity contribution in [2.75, 3.05) is 0 Å². The van der Waals surface area contributed by atoms with Gasteiger partial charge in [-0.05, 0) is 55.5 Å². The molecule has 1 aromatic heterocycles. The van der Waals surface area contributed by atoms with Gasteiger partial charge in [-0.15, -0.1) is 0 Å². The first-order chi connectivity index (χ1) is 9.06. The zero-order valence-corrected chi connectivity index (χ0v) is 13.2. The maximum absolute atomic E-state index is 12.0. The average Bonchev–Trinajstić information content (AvgIpc) is 2.87. The van der Waals surface area contributed by atoms with E-state index in [1.165, 1.54) is 5.56 Å². The van der Waals surface area contributed by atoms with Crippen LogP contribution in [0.15, 0.2) is 16.8 Å². The molecule has 0 saturated heterocycles. The molecule has 2 atom stereocenters. The summed E-state index contributed by atoms with van der Waals surface area (Å²) in [4.78, 5) is 12.0. The van der Waals surface area contributed by atoms with Gasteiger partial charge in [0, 0.05) is 12.1 Å². The molecule has 0 bridgehead atoms. The lowest BCUT2D eigenvalue weighted by Gasteiger charge is -2.22. The van der Waals surface area contributed by atoms with Gasteiger partial charge in [0.25, 0.3) is 0 Å². The van der Waals surface area contributed by atoms with Crippen LogP contribution in [0.5, 0.6) is 0 Å². The summed E-state index contributed by atoms with van der Waals surface area (Å²) in [7, 11) is 0. The second-order valence-corrected chi connectivity index (χ2v) is 5.93. The summed E-state index contributed by atoms with van der Waals surface area (Å²) in [6.07, 6.45) is 2.94. The first-order valence-corrected chi connectivity index (χ1v) is 8.08. The first-order valence-electron chi connectivity index (χ1n) is 7.14. The highest BCUT2D eigenvalue weighted by Gasteiger charge is 2.17. The molecule has 19 heavy (non-hydrogen) atoms. The van der Waals surface area contributed by atoms with Crippen LogP contribution in [-0.2, 0) is 11.2 Å². The van der Waals surface area contributed by atoms with Crippen molar-refractivity contribution in [2.24, 2.45) is 0 Å². The maximum atomic E-state index is 12.0. The van der Waals surface area contributed by atoms with Crippen LogP contribution >= 0.6 is 11.3 Å². The maximum Gasteiger partial charge on any atom is 0.237 e. The minimum atomic E-state index is -0.144. The Morgan fingerprint density at radius 2 is 2.00 bits per heavy atom. The average molecular weight is 282 g/mol. The third kappa shape index (κ3) is 5.74. The Bertz CT molecular complexity index is 360. The van der Waals surface area contributed by atoms with Crippen LogP contribution in [-0.4, -0.2) is 24.0 Å². The van der Waals surface area contributed by atoms with Crippen molar-refractivity contribution >= 4 is 17.2 Å². The predicted molar refractivity (Wildman–Crippen MR) is 82.6 cm³/mol. The van der Waals surface area contributed by atoms with Gasteiger partial charge < -0.3 is 10.6 Å². The van der Waals surface area contributed by atoms with E-state index in [1.807, 2.05) is 6.92 Å². The Hall–Kier alpha value is -0.870. The van der Waals surface area contributed by atoms with E-state index < -0.39 is 0 Å². The van der Waals surface area contributed by atoms with Crippen molar-refractivity contribution < 1.29 is 4.79 Å². The van der Waals surface area contributed by atoms with Gasteiger partial charge >= 0.3 is 0 Å². The molecule has 0 aliphatic heterocycles. The number of carbonyl (C=O) groups is 1. The number of hydrogen-bond donors (Lipinski definition) is 2. The summed E-state index contributed by atoms with van der Waals surface area (Å²) in [6.45, 7) is 8.26. The second kappa shape index (κ2) is 8.33. The SMILES string of the molecule is CCC(CC)NC(=O)C(C)NC(C)Cc1ccsc1. The Kier molecular flexibility index (Phi) is 7.10. The van der Waals surface area contributed by atoms with Crippen LogP contribution in [0.1, 0.15) is 46.1 Å². The third-order valence-corrected chi connectivity index (χ3v) is 4.11. The molecule has 2 N–H and O–H groups in total. The monoisotopic (exact) mass is 282 g/mol. The van der Waals surface area contributed by atoms with Crippen molar-refractivity contribution in [3.63, 3.8) is 0 Å².